The Balaban J connectivity index is 1.49. The lowest BCUT2D eigenvalue weighted by Gasteiger charge is -2.53. The van der Waals surface area contributed by atoms with Crippen molar-refractivity contribution in [3.63, 3.8) is 0 Å². The lowest BCUT2D eigenvalue weighted by atomic mass is 9.53. The van der Waals surface area contributed by atoms with Crippen molar-refractivity contribution in [3.05, 3.63) is 0 Å². The fraction of sp³-hybridized carbons (Fsp3) is 1.00. The minimum atomic E-state index is -0.865. The molecule has 160 valence electrons. The Bertz CT molecular complexity index is 487. The van der Waals surface area contributed by atoms with Gasteiger partial charge in [0.15, 0.2) is 0 Å². The van der Waals surface area contributed by atoms with E-state index < -0.39 is 8.53 Å². The van der Waals surface area contributed by atoms with Crippen LogP contribution in [-0.4, -0.2) is 30.0 Å². The Hall–Kier alpha value is 0.310. The first-order chi connectivity index (χ1) is 13.8. The van der Waals surface area contributed by atoms with Crippen molar-refractivity contribution in [2.24, 2.45) is 35.5 Å². The van der Waals surface area contributed by atoms with Crippen molar-refractivity contribution in [1.82, 2.24) is 4.67 Å². The van der Waals surface area contributed by atoms with Crippen LogP contribution in [0.2, 0.25) is 0 Å². The molecular weight excluding hydrogens is 365 g/mol. The van der Waals surface area contributed by atoms with Crippen molar-refractivity contribution < 1.29 is 9.05 Å². The molecule has 5 fully saturated rings. The molecule has 5 aliphatic rings. The second-order valence-electron chi connectivity index (χ2n) is 10.4. The Morgan fingerprint density at radius 3 is 1.57 bits per heavy atom. The van der Waals surface area contributed by atoms with Crippen LogP contribution in [0.5, 0.6) is 0 Å². The zero-order valence-corrected chi connectivity index (χ0v) is 19.1. The fourth-order valence-electron chi connectivity index (χ4n) is 8.05. The molecule has 4 saturated carbocycles. The largest absolute Gasteiger partial charge is 0.318 e. The Labute approximate surface area is 174 Å². The highest BCUT2D eigenvalue weighted by molar-refractivity contribution is 7.44. The summed E-state index contributed by atoms with van der Waals surface area (Å²) in [6, 6.07) is 0. The third-order valence-electron chi connectivity index (χ3n) is 9.28. The molecule has 8 unspecified atom stereocenters. The van der Waals surface area contributed by atoms with Gasteiger partial charge in [0.2, 0.25) is 0 Å². The fourth-order valence-corrected chi connectivity index (χ4v) is 9.79. The van der Waals surface area contributed by atoms with Gasteiger partial charge in [0.1, 0.15) is 0 Å². The van der Waals surface area contributed by atoms with Crippen LogP contribution in [0.25, 0.3) is 0 Å². The van der Waals surface area contributed by atoms with E-state index in [0.717, 1.165) is 48.6 Å². The molecule has 0 N–H and O–H groups in total. The molecule has 0 aromatic heterocycles. The monoisotopic (exact) mass is 407 g/mol. The molecule has 3 nitrogen and oxygen atoms in total. The first-order valence-electron chi connectivity index (χ1n) is 12.7. The summed E-state index contributed by atoms with van der Waals surface area (Å²) >= 11 is 0. The summed E-state index contributed by atoms with van der Waals surface area (Å²) < 4.78 is 16.4. The maximum Gasteiger partial charge on any atom is 0.259 e. The normalized spacial score (nSPS) is 48.8. The zero-order valence-electron chi connectivity index (χ0n) is 18.2. The lowest BCUT2D eigenvalue weighted by molar-refractivity contribution is -0.0856. The highest BCUT2D eigenvalue weighted by atomic mass is 31.2. The van der Waals surface area contributed by atoms with Gasteiger partial charge in [-0.1, -0.05) is 52.4 Å². The van der Waals surface area contributed by atoms with E-state index in [9.17, 15) is 0 Å². The van der Waals surface area contributed by atoms with Crippen LogP contribution in [0.15, 0.2) is 0 Å². The molecule has 28 heavy (non-hydrogen) atoms. The van der Waals surface area contributed by atoms with Crippen LogP contribution in [0.4, 0.5) is 0 Å². The SMILES string of the molecule is CCN(CC)P1OC2CCC3CCCCC3C2C2C(CCC3CCCCC32)O1. The summed E-state index contributed by atoms with van der Waals surface area (Å²) in [6.45, 7) is 6.65. The predicted octanol–water partition coefficient (Wildman–Crippen LogP) is 6.77. The van der Waals surface area contributed by atoms with Gasteiger partial charge in [0, 0.05) is 13.1 Å². The molecule has 5 rings (SSSR count). The van der Waals surface area contributed by atoms with Gasteiger partial charge < -0.3 is 9.05 Å². The first kappa shape index (κ1) is 20.2. The number of hydrogen-bond acceptors (Lipinski definition) is 3. The minimum Gasteiger partial charge on any atom is -0.318 e. The quantitative estimate of drug-likeness (QED) is 0.482. The third kappa shape index (κ3) is 3.61. The van der Waals surface area contributed by atoms with E-state index in [0.29, 0.717) is 12.2 Å². The zero-order chi connectivity index (χ0) is 19.1. The Morgan fingerprint density at radius 2 is 1.11 bits per heavy atom. The summed E-state index contributed by atoms with van der Waals surface area (Å²) in [6.07, 6.45) is 18.2. The molecule has 8 atom stereocenters. The number of rotatable bonds is 3. The summed E-state index contributed by atoms with van der Waals surface area (Å²) in [4.78, 5) is 0. The summed E-state index contributed by atoms with van der Waals surface area (Å²) in [7, 11) is -0.865. The molecule has 1 saturated heterocycles. The van der Waals surface area contributed by atoms with E-state index in [-0.39, 0.29) is 0 Å². The Morgan fingerprint density at radius 1 is 0.643 bits per heavy atom. The average molecular weight is 408 g/mol. The molecular formula is C24H42NO2P. The van der Waals surface area contributed by atoms with Gasteiger partial charge in [-0.25, -0.2) is 4.67 Å². The van der Waals surface area contributed by atoms with Crippen molar-refractivity contribution in [1.29, 1.82) is 0 Å². The van der Waals surface area contributed by atoms with E-state index in [1.165, 1.54) is 77.0 Å². The maximum atomic E-state index is 6.95. The number of hydrogen-bond donors (Lipinski definition) is 0. The van der Waals surface area contributed by atoms with Gasteiger partial charge >= 0.3 is 0 Å². The van der Waals surface area contributed by atoms with Crippen LogP contribution in [0.1, 0.15) is 90.9 Å². The molecule has 1 aliphatic heterocycles. The molecule has 0 amide bonds. The highest BCUT2D eigenvalue weighted by Crippen LogP contribution is 2.62. The van der Waals surface area contributed by atoms with Gasteiger partial charge in [0.05, 0.1) is 12.2 Å². The van der Waals surface area contributed by atoms with E-state index in [1.54, 1.807) is 0 Å². The minimum absolute atomic E-state index is 0.474. The Kier molecular flexibility index (Phi) is 6.37. The highest BCUT2D eigenvalue weighted by Gasteiger charge is 2.55. The van der Waals surface area contributed by atoms with E-state index in [1.807, 2.05) is 0 Å². The molecule has 0 aromatic rings. The van der Waals surface area contributed by atoms with Crippen LogP contribution >= 0.6 is 8.53 Å². The van der Waals surface area contributed by atoms with E-state index in [2.05, 4.69) is 18.5 Å². The summed E-state index contributed by atoms with van der Waals surface area (Å²) in [5.41, 5.74) is 0. The third-order valence-corrected chi connectivity index (χ3v) is 11.2. The second-order valence-corrected chi connectivity index (χ2v) is 11.9. The van der Waals surface area contributed by atoms with Crippen LogP contribution < -0.4 is 0 Å². The number of nitrogens with zero attached hydrogens (tertiary/aromatic N) is 1. The molecule has 0 spiro atoms. The molecule has 4 heteroatoms. The summed E-state index contributed by atoms with van der Waals surface area (Å²) in [5.74, 6) is 5.41. The van der Waals surface area contributed by atoms with Crippen molar-refractivity contribution >= 4 is 8.53 Å². The maximum absolute atomic E-state index is 6.95. The molecule has 0 radical (unpaired) electrons. The van der Waals surface area contributed by atoms with Gasteiger partial charge in [-0.2, -0.15) is 0 Å². The summed E-state index contributed by atoms with van der Waals surface area (Å²) in [5, 5.41) is 0. The van der Waals surface area contributed by atoms with Gasteiger partial charge in [-0.3, -0.25) is 0 Å². The van der Waals surface area contributed by atoms with Crippen LogP contribution in [-0.2, 0) is 9.05 Å². The lowest BCUT2D eigenvalue weighted by Crippen LogP contribution is -2.51. The molecule has 4 aliphatic carbocycles. The molecule has 1 heterocycles. The van der Waals surface area contributed by atoms with E-state index in [4.69, 9.17) is 9.05 Å². The predicted molar refractivity (Wildman–Crippen MR) is 116 cm³/mol. The van der Waals surface area contributed by atoms with Gasteiger partial charge in [-0.05, 0) is 74.0 Å². The van der Waals surface area contributed by atoms with Crippen LogP contribution in [0.3, 0.4) is 0 Å². The second kappa shape index (κ2) is 8.81. The molecule has 0 bridgehead atoms. The van der Waals surface area contributed by atoms with E-state index >= 15 is 0 Å². The van der Waals surface area contributed by atoms with Crippen molar-refractivity contribution in [3.8, 4) is 0 Å². The first-order valence-corrected chi connectivity index (χ1v) is 13.8. The van der Waals surface area contributed by atoms with Crippen molar-refractivity contribution in [2.75, 3.05) is 13.1 Å². The van der Waals surface area contributed by atoms with Gasteiger partial charge in [-0.15, -0.1) is 0 Å². The average Bonchev–Trinajstić information content (AvgIpc) is 2.91. The standard InChI is InChI=1S/C24H42NO2P/c1-3-25(4-2)28-26-21-15-13-17-9-5-7-11-19(17)23(21)24-20-12-8-6-10-18(20)14-16-22(24)27-28/h17-24H,3-16H2,1-2H3. The number of fused-ring (bicyclic) bond motifs is 7. The smallest absolute Gasteiger partial charge is 0.259 e. The topological polar surface area (TPSA) is 21.7 Å². The van der Waals surface area contributed by atoms with Gasteiger partial charge in [0.25, 0.3) is 8.53 Å². The van der Waals surface area contributed by atoms with Crippen molar-refractivity contribution in [2.45, 2.75) is 103 Å². The molecule has 0 aromatic carbocycles. The van der Waals surface area contributed by atoms with Crippen LogP contribution in [0, 0.1) is 35.5 Å².